The molecule has 0 spiro atoms. The molecule has 0 atom stereocenters. The predicted molar refractivity (Wildman–Crippen MR) is 75.6 cm³/mol. The van der Waals surface area contributed by atoms with Gasteiger partial charge in [0.1, 0.15) is 0 Å². The second-order valence-corrected chi connectivity index (χ2v) is 4.89. The van der Waals surface area contributed by atoms with Crippen molar-refractivity contribution in [3.63, 3.8) is 0 Å². The van der Waals surface area contributed by atoms with Crippen LogP contribution in [-0.2, 0) is 6.42 Å². The van der Waals surface area contributed by atoms with Gasteiger partial charge >= 0.3 is 0 Å². The molecule has 1 aromatic heterocycles. The second-order valence-electron chi connectivity index (χ2n) is 4.01. The van der Waals surface area contributed by atoms with E-state index in [9.17, 15) is 0 Å². The Morgan fingerprint density at radius 3 is 2.47 bits per heavy atom. The van der Waals surface area contributed by atoms with E-state index in [2.05, 4.69) is 24.7 Å². The van der Waals surface area contributed by atoms with Gasteiger partial charge in [-0.2, -0.15) is 17.7 Å². The summed E-state index contributed by atoms with van der Waals surface area (Å²) in [4.78, 5) is 0. The molecule has 0 amide bonds. The molecule has 0 aliphatic rings. The van der Waals surface area contributed by atoms with Crippen molar-refractivity contribution in [2.75, 3.05) is 5.75 Å². The van der Waals surface area contributed by atoms with Crippen LogP contribution in [0.15, 0.2) is 24.3 Å². The molecule has 0 N–H and O–H groups in total. The van der Waals surface area contributed by atoms with Gasteiger partial charge in [-0.15, -0.1) is 0 Å². The van der Waals surface area contributed by atoms with Crippen LogP contribution in [0.25, 0.3) is 5.69 Å². The standard InChI is InChI=1S/C13H15ClN2S/c1-9-13(7-8-17)10(2)16(15-9)12-5-3-11(14)4-6-12/h3-6,17H,7-8H2,1-2H3. The lowest BCUT2D eigenvalue weighted by atomic mass is 10.1. The fourth-order valence-corrected chi connectivity index (χ4v) is 2.33. The molecule has 0 fully saturated rings. The Morgan fingerprint density at radius 2 is 1.88 bits per heavy atom. The molecule has 4 heteroatoms. The van der Waals surface area contributed by atoms with Crippen LogP contribution in [0, 0.1) is 13.8 Å². The highest BCUT2D eigenvalue weighted by Crippen LogP contribution is 2.20. The number of rotatable bonds is 3. The van der Waals surface area contributed by atoms with E-state index in [1.807, 2.05) is 35.9 Å². The lowest BCUT2D eigenvalue weighted by Crippen LogP contribution is -1.99. The maximum atomic E-state index is 5.89. The van der Waals surface area contributed by atoms with Crippen molar-refractivity contribution in [2.24, 2.45) is 0 Å². The Morgan fingerprint density at radius 1 is 1.24 bits per heavy atom. The Balaban J connectivity index is 2.46. The van der Waals surface area contributed by atoms with E-state index in [-0.39, 0.29) is 0 Å². The van der Waals surface area contributed by atoms with Gasteiger partial charge < -0.3 is 0 Å². The summed E-state index contributed by atoms with van der Waals surface area (Å²) in [5.41, 5.74) is 4.58. The van der Waals surface area contributed by atoms with E-state index in [4.69, 9.17) is 11.6 Å². The smallest absolute Gasteiger partial charge is 0.0649 e. The molecule has 0 unspecified atom stereocenters. The quantitative estimate of drug-likeness (QED) is 0.841. The fraction of sp³-hybridized carbons (Fsp3) is 0.308. The van der Waals surface area contributed by atoms with Gasteiger partial charge in [-0.05, 0) is 55.9 Å². The molecule has 90 valence electrons. The van der Waals surface area contributed by atoms with E-state index in [0.29, 0.717) is 0 Å². The van der Waals surface area contributed by atoms with Crippen molar-refractivity contribution < 1.29 is 0 Å². The first-order chi connectivity index (χ1) is 8.13. The number of aromatic nitrogens is 2. The predicted octanol–water partition coefficient (Wildman–Crippen LogP) is 3.61. The minimum atomic E-state index is 0.742. The average Bonchev–Trinajstić information content (AvgIpc) is 2.59. The summed E-state index contributed by atoms with van der Waals surface area (Å²) in [7, 11) is 0. The minimum Gasteiger partial charge on any atom is -0.238 e. The van der Waals surface area contributed by atoms with Crippen LogP contribution in [0.3, 0.4) is 0 Å². The van der Waals surface area contributed by atoms with E-state index in [0.717, 1.165) is 28.6 Å². The van der Waals surface area contributed by atoms with Crippen molar-refractivity contribution in [2.45, 2.75) is 20.3 Å². The zero-order chi connectivity index (χ0) is 12.4. The van der Waals surface area contributed by atoms with Gasteiger partial charge in [-0.1, -0.05) is 11.6 Å². The van der Waals surface area contributed by atoms with Gasteiger partial charge in [-0.3, -0.25) is 0 Å². The molecule has 1 heterocycles. The fourth-order valence-electron chi connectivity index (χ4n) is 1.98. The van der Waals surface area contributed by atoms with Gasteiger partial charge in [0, 0.05) is 10.7 Å². The van der Waals surface area contributed by atoms with E-state index in [1.54, 1.807) is 0 Å². The topological polar surface area (TPSA) is 17.8 Å². The third-order valence-corrected chi connectivity index (χ3v) is 3.35. The van der Waals surface area contributed by atoms with E-state index in [1.165, 1.54) is 11.3 Å². The molecule has 1 aromatic carbocycles. The summed E-state index contributed by atoms with van der Waals surface area (Å²) in [6.07, 6.45) is 0.953. The highest BCUT2D eigenvalue weighted by Gasteiger charge is 2.11. The van der Waals surface area contributed by atoms with Gasteiger partial charge in [0.05, 0.1) is 11.4 Å². The number of thiol groups is 1. The van der Waals surface area contributed by atoms with Crippen LogP contribution >= 0.6 is 24.2 Å². The maximum Gasteiger partial charge on any atom is 0.0649 e. The lowest BCUT2D eigenvalue weighted by Gasteiger charge is -2.05. The van der Waals surface area contributed by atoms with Crippen LogP contribution in [0.1, 0.15) is 17.0 Å². The third-order valence-electron chi connectivity index (χ3n) is 2.87. The molecule has 0 saturated carbocycles. The summed E-state index contributed by atoms with van der Waals surface area (Å²) in [6.45, 7) is 4.13. The zero-order valence-electron chi connectivity index (χ0n) is 9.94. The van der Waals surface area contributed by atoms with Crippen molar-refractivity contribution in [1.82, 2.24) is 9.78 Å². The molecule has 2 aromatic rings. The SMILES string of the molecule is Cc1nn(-c2ccc(Cl)cc2)c(C)c1CCS. The van der Waals surface area contributed by atoms with Crippen LogP contribution in [-0.4, -0.2) is 15.5 Å². The van der Waals surface area contributed by atoms with Crippen molar-refractivity contribution in [3.8, 4) is 5.69 Å². The molecular weight excluding hydrogens is 252 g/mol. The van der Waals surface area contributed by atoms with E-state index >= 15 is 0 Å². The number of hydrogen-bond acceptors (Lipinski definition) is 2. The first-order valence-corrected chi connectivity index (χ1v) is 6.56. The van der Waals surface area contributed by atoms with Crippen LogP contribution in [0.5, 0.6) is 0 Å². The Labute approximate surface area is 112 Å². The number of hydrogen-bond donors (Lipinski definition) is 1. The number of nitrogens with zero attached hydrogens (tertiary/aromatic N) is 2. The summed E-state index contributed by atoms with van der Waals surface area (Å²) in [6, 6.07) is 7.72. The second kappa shape index (κ2) is 5.15. The number of aryl methyl sites for hydroxylation is 1. The van der Waals surface area contributed by atoms with Gasteiger partial charge in [0.2, 0.25) is 0 Å². The Hall–Kier alpha value is -0.930. The minimum absolute atomic E-state index is 0.742. The van der Waals surface area contributed by atoms with Crippen molar-refractivity contribution >= 4 is 24.2 Å². The van der Waals surface area contributed by atoms with Crippen molar-refractivity contribution in [3.05, 3.63) is 46.2 Å². The molecule has 0 bridgehead atoms. The Bertz CT molecular complexity index is 517. The van der Waals surface area contributed by atoms with Crippen LogP contribution < -0.4 is 0 Å². The molecule has 0 aliphatic carbocycles. The average molecular weight is 267 g/mol. The zero-order valence-corrected chi connectivity index (χ0v) is 11.6. The number of benzene rings is 1. The molecule has 2 rings (SSSR count). The Kier molecular flexibility index (Phi) is 3.79. The van der Waals surface area contributed by atoms with Crippen molar-refractivity contribution in [1.29, 1.82) is 0 Å². The number of halogens is 1. The summed E-state index contributed by atoms with van der Waals surface area (Å²) in [5, 5.41) is 5.31. The molecule has 2 nitrogen and oxygen atoms in total. The molecular formula is C13H15ClN2S. The van der Waals surface area contributed by atoms with Gasteiger partial charge in [-0.25, -0.2) is 4.68 Å². The van der Waals surface area contributed by atoms with Gasteiger partial charge in [0.25, 0.3) is 0 Å². The maximum absolute atomic E-state index is 5.89. The summed E-state index contributed by atoms with van der Waals surface area (Å²) < 4.78 is 1.96. The molecule has 0 radical (unpaired) electrons. The normalized spacial score (nSPS) is 10.8. The first-order valence-electron chi connectivity index (χ1n) is 5.55. The first kappa shape index (κ1) is 12.5. The highest BCUT2D eigenvalue weighted by atomic mass is 35.5. The highest BCUT2D eigenvalue weighted by molar-refractivity contribution is 7.80. The van der Waals surface area contributed by atoms with Crippen LogP contribution in [0.4, 0.5) is 0 Å². The van der Waals surface area contributed by atoms with Crippen LogP contribution in [0.2, 0.25) is 5.02 Å². The third kappa shape index (κ3) is 2.50. The van der Waals surface area contributed by atoms with Gasteiger partial charge in [0.15, 0.2) is 0 Å². The molecule has 0 aliphatic heterocycles. The molecule has 0 saturated heterocycles. The lowest BCUT2D eigenvalue weighted by molar-refractivity contribution is 0.833. The molecule has 17 heavy (non-hydrogen) atoms. The summed E-state index contributed by atoms with van der Waals surface area (Å²) in [5.74, 6) is 0.841. The monoisotopic (exact) mass is 266 g/mol. The summed E-state index contributed by atoms with van der Waals surface area (Å²) >= 11 is 10.2. The largest absolute Gasteiger partial charge is 0.238 e. The van der Waals surface area contributed by atoms with E-state index < -0.39 is 0 Å².